The van der Waals surface area contributed by atoms with Crippen molar-refractivity contribution in [3.05, 3.63) is 53.0 Å². The molecule has 2 heterocycles. The number of nitrogens with zero attached hydrogens (tertiary/aromatic N) is 3. The summed E-state index contributed by atoms with van der Waals surface area (Å²) in [6, 6.07) is 8.35. The number of allylic oxidation sites excluding steroid dienone is 2. The van der Waals surface area contributed by atoms with E-state index in [2.05, 4.69) is 60.4 Å². The Morgan fingerprint density at radius 1 is 1.21 bits per heavy atom. The molecule has 0 saturated carbocycles. The first-order valence-electron chi connectivity index (χ1n) is 8.57. The second-order valence-corrected chi connectivity index (χ2v) is 7.21. The first-order chi connectivity index (χ1) is 11.5. The summed E-state index contributed by atoms with van der Waals surface area (Å²) in [7, 11) is 0. The van der Waals surface area contributed by atoms with Gasteiger partial charge in [0.1, 0.15) is 12.4 Å². The maximum atomic E-state index is 12.8. The van der Waals surface area contributed by atoms with Crippen molar-refractivity contribution in [2.75, 3.05) is 5.32 Å². The summed E-state index contributed by atoms with van der Waals surface area (Å²) in [5, 5.41) is 7.69. The van der Waals surface area contributed by atoms with Gasteiger partial charge in [-0.05, 0) is 29.4 Å². The molecular formula is C19H22N4O. The minimum absolute atomic E-state index is 0.181. The van der Waals surface area contributed by atoms with Gasteiger partial charge in [-0.25, -0.2) is 4.68 Å². The van der Waals surface area contributed by atoms with Gasteiger partial charge in [-0.3, -0.25) is 4.79 Å². The van der Waals surface area contributed by atoms with Crippen LogP contribution in [0.3, 0.4) is 0 Å². The molecule has 0 saturated heterocycles. The summed E-state index contributed by atoms with van der Waals surface area (Å²) < 4.78 is 1.83. The second-order valence-electron chi connectivity index (χ2n) is 7.21. The minimum atomic E-state index is -0.181. The van der Waals surface area contributed by atoms with Gasteiger partial charge in [0, 0.05) is 17.7 Å². The summed E-state index contributed by atoms with van der Waals surface area (Å²) >= 11 is 0. The quantitative estimate of drug-likeness (QED) is 0.916. The zero-order chi connectivity index (χ0) is 16.8. The summed E-state index contributed by atoms with van der Waals surface area (Å²) in [4.78, 5) is 17.1. The molecule has 0 amide bonds. The Labute approximate surface area is 141 Å². The van der Waals surface area contributed by atoms with Crippen molar-refractivity contribution < 1.29 is 4.79 Å². The molecule has 0 bridgehead atoms. The largest absolute Gasteiger partial charge is 0.328 e. The van der Waals surface area contributed by atoms with E-state index in [0.29, 0.717) is 24.2 Å². The fraction of sp³-hybridized carbons (Fsp3) is 0.421. The maximum absolute atomic E-state index is 12.8. The van der Waals surface area contributed by atoms with Gasteiger partial charge in [-0.1, -0.05) is 45.0 Å². The van der Waals surface area contributed by atoms with Gasteiger partial charge in [0.25, 0.3) is 0 Å². The van der Waals surface area contributed by atoms with Crippen molar-refractivity contribution in [2.24, 2.45) is 5.92 Å². The van der Waals surface area contributed by atoms with Crippen molar-refractivity contribution in [3.63, 3.8) is 0 Å². The molecule has 5 nitrogen and oxygen atoms in total. The van der Waals surface area contributed by atoms with Gasteiger partial charge in [0.2, 0.25) is 5.95 Å². The molecule has 2 atom stereocenters. The molecule has 1 aromatic heterocycles. The molecule has 2 aliphatic rings. The van der Waals surface area contributed by atoms with Gasteiger partial charge in [0.15, 0.2) is 5.78 Å². The molecule has 0 spiro atoms. The maximum Gasteiger partial charge on any atom is 0.226 e. The van der Waals surface area contributed by atoms with Crippen LogP contribution in [0.1, 0.15) is 56.7 Å². The summed E-state index contributed by atoms with van der Waals surface area (Å²) in [5.41, 5.74) is 4.24. The lowest BCUT2D eigenvalue weighted by Gasteiger charge is -2.34. The molecule has 24 heavy (non-hydrogen) atoms. The van der Waals surface area contributed by atoms with Gasteiger partial charge in [-0.2, -0.15) is 10.1 Å². The van der Waals surface area contributed by atoms with Crippen LogP contribution >= 0.6 is 0 Å². The van der Waals surface area contributed by atoms with Crippen molar-refractivity contribution in [2.45, 2.75) is 45.6 Å². The van der Waals surface area contributed by atoms with Crippen molar-refractivity contribution in [3.8, 4) is 0 Å². The van der Waals surface area contributed by atoms with Crippen LogP contribution in [0.5, 0.6) is 0 Å². The van der Waals surface area contributed by atoms with Crippen LogP contribution in [0.15, 0.2) is 41.9 Å². The van der Waals surface area contributed by atoms with Crippen molar-refractivity contribution >= 4 is 11.7 Å². The number of Topliss-reactive ketones (excluding diaryl/α,β-unsaturated/α-hetero) is 1. The van der Waals surface area contributed by atoms with E-state index >= 15 is 0 Å². The third kappa shape index (κ3) is 2.35. The SMILES string of the molecule is CC(C)c1ccc([C@H]2C3=C(C[C@H](C)CC3=O)Nc3ncnn32)cc1. The van der Waals surface area contributed by atoms with Gasteiger partial charge in [-0.15, -0.1) is 0 Å². The number of anilines is 1. The Bertz CT molecular complexity index is 816. The number of hydrogen-bond donors (Lipinski definition) is 1. The number of rotatable bonds is 2. The van der Waals surface area contributed by atoms with Crippen molar-refractivity contribution in [1.82, 2.24) is 14.8 Å². The highest BCUT2D eigenvalue weighted by molar-refractivity contribution is 5.99. The zero-order valence-corrected chi connectivity index (χ0v) is 14.3. The monoisotopic (exact) mass is 322 g/mol. The molecule has 0 unspecified atom stereocenters. The molecular weight excluding hydrogens is 300 g/mol. The topological polar surface area (TPSA) is 59.8 Å². The standard InChI is InChI=1S/C19H22N4O/c1-11(2)13-4-6-14(7-5-13)18-17-15(8-12(3)9-16(17)24)22-19-20-10-21-23(18)19/h4-7,10-12,18H,8-9H2,1-3H3,(H,20,21,22)/t12-,18-/m0/s1. The molecule has 1 N–H and O–H groups in total. The van der Waals surface area contributed by atoms with Crippen LogP contribution in [0.25, 0.3) is 0 Å². The number of hydrogen-bond acceptors (Lipinski definition) is 4. The van der Waals surface area contributed by atoms with Crippen molar-refractivity contribution in [1.29, 1.82) is 0 Å². The van der Waals surface area contributed by atoms with E-state index in [4.69, 9.17) is 0 Å². The molecule has 0 fully saturated rings. The predicted octanol–water partition coefficient (Wildman–Crippen LogP) is 3.67. The highest BCUT2D eigenvalue weighted by Crippen LogP contribution is 2.41. The predicted molar refractivity (Wildman–Crippen MR) is 92.7 cm³/mol. The van der Waals surface area contributed by atoms with E-state index in [1.165, 1.54) is 5.56 Å². The number of carbonyl (C=O) groups is 1. The summed E-state index contributed by atoms with van der Waals surface area (Å²) in [6.07, 6.45) is 3.03. The van der Waals surface area contributed by atoms with E-state index in [1.54, 1.807) is 6.33 Å². The van der Waals surface area contributed by atoms with E-state index in [-0.39, 0.29) is 11.8 Å². The molecule has 124 valence electrons. The van der Waals surface area contributed by atoms with Crippen LogP contribution in [0.4, 0.5) is 5.95 Å². The van der Waals surface area contributed by atoms with Crippen LogP contribution in [0.2, 0.25) is 0 Å². The molecule has 2 aromatic rings. The lowest BCUT2D eigenvalue weighted by molar-refractivity contribution is -0.117. The number of aromatic nitrogens is 3. The first kappa shape index (κ1) is 15.1. The van der Waals surface area contributed by atoms with Gasteiger partial charge >= 0.3 is 0 Å². The van der Waals surface area contributed by atoms with E-state index < -0.39 is 0 Å². The number of nitrogens with one attached hydrogen (secondary N) is 1. The lowest BCUT2D eigenvalue weighted by Crippen LogP contribution is -2.33. The zero-order valence-electron chi connectivity index (χ0n) is 14.3. The molecule has 4 rings (SSSR count). The lowest BCUT2D eigenvalue weighted by atomic mass is 9.81. The number of ketones is 1. The Morgan fingerprint density at radius 2 is 1.96 bits per heavy atom. The summed E-state index contributed by atoms with van der Waals surface area (Å²) in [6.45, 7) is 6.48. The number of fused-ring (bicyclic) bond motifs is 1. The fourth-order valence-electron chi connectivity index (χ4n) is 3.72. The second kappa shape index (κ2) is 5.58. The normalized spacial score (nSPS) is 23.1. The smallest absolute Gasteiger partial charge is 0.226 e. The molecule has 0 radical (unpaired) electrons. The first-order valence-corrected chi connectivity index (χ1v) is 8.57. The fourth-order valence-corrected chi connectivity index (χ4v) is 3.72. The van der Waals surface area contributed by atoms with Gasteiger partial charge < -0.3 is 5.32 Å². The van der Waals surface area contributed by atoms with E-state index in [9.17, 15) is 4.79 Å². The van der Waals surface area contributed by atoms with E-state index in [0.717, 1.165) is 23.3 Å². The number of benzene rings is 1. The Balaban J connectivity index is 1.83. The average molecular weight is 322 g/mol. The Morgan fingerprint density at radius 3 is 2.67 bits per heavy atom. The Kier molecular flexibility index (Phi) is 3.52. The number of carbonyl (C=O) groups excluding carboxylic acids is 1. The molecule has 1 aliphatic carbocycles. The van der Waals surface area contributed by atoms with E-state index in [1.807, 2.05) is 4.68 Å². The molecule has 1 aromatic carbocycles. The van der Waals surface area contributed by atoms with Crippen LogP contribution in [-0.2, 0) is 4.79 Å². The molecule has 5 heteroatoms. The third-order valence-corrected chi connectivity index (χ3v) is 4.98. The highest BCUT2D eigenvalue weighted by Gasteiger charge is 2.37. The van der Waals surface area contributed by atoms with Crippen LogP contribution in [0, 0.1) is 5.92 Å². The van der Waals surface area contributed by atoms with Crippen LogP contribution in [-0.4, -0.2) is 20.5 Å². The average Bonchev–Trinajstić information content (AvgIpc) is 3.00. The Hall–Kier alpha value is -2.43. The molecule has 1 aliphatic heterocycles. The van der Waals surface area contributed by atoms with Gasteiger partial charge in [0.05, 0.1) is 0 Å². The van der Waals surface area contributed by atoms with Crippen LogP contribution < -0.4 is 5.32 Å². The minimum Gasteiger partial charge on any atom is -0.328 e. The summed E-state index contributed by atoms with van der Waals surface area (Å²) in [5.74, 6) is 1.78. The third-order valence-electron chi connectivity index (χ3n) is 4.98. The highest BCUT2D eigenvalue weighted by atomic mass is 16.1.